The lowest BCUT2D eigenvalue weighted by atomic mass is 9.99. The molecule has 118 valence electrons. The van der Waals surface area contributed by atoms with Crippen LogP contribution in [0.5, 0.6) is 0 Å². The molecule has 22 heavy (non-hydrogen) atoms. The zero-order valence-electron chi connectivity index (χ0n) is 13.5. The number of allylic oxidation sites excluding steroid dienone is 1. The summed E-state index contributed by atoms with van der Waals surface area (Å²) in [5.41, 5.74) is 17.9. The highest BCUT2D eigenvalue weighted by molar-refractivity contribution is 5.59. The standard InChI is InChI=1S/C18H26N4/c1-13-11-15(19)3-5-17(13)21-7-9-22(10-8-21)18-6-4-16(20)12-14(18)2/h3,5-6,11-12,16H,4,7-10,19-20H2,1-2H3. The molecule has 0 amide bonds. The van der Waals surface area contributed by atoms with E-state index in [4.69, 9.17) is 11.5 Å². The van der Waals surface area contributed by atoms with Gasteiger partial charge in [0.05, 0.1) is 0 Å². The highest BCUT2D eigenvalue weighted by Gasteiger charge is 2.22. The Bertz CT molecular complexity index is 610. The second-order valence-electron chi connectivity index (χ2n) is 6.36. The van der Waals surface area contributed by atoms with Crippen LogP contribution in [0.3, 0.4) is 0 Å². The van der Waals surface area contributed by atoms with Gasteiger partial charge < -0.3 is 21.3 Å². The summed E-state index contributed by atoms with van der Waals surface area (Å²) in [5, 5.41) is 0. The molecule has 0 saturated carbocycles. The average molecular weight is 298 g/mol. The van der Waals surface area contributed by atoms with Crippen LogP contribution in [-0.2, 0) is 0 Å². The maximum atomic E-state index is 5.99. The molecule has 2 aliphatic rings. The van der Waals surface area contributed by atoms with E-state index in [1.165, 1.54) is 22.5 Å². The van der Waals surface area contributed by atoms with E-state index in [1.54, 1.807) is 0 Å². The van der Waals surface area contributed by atoms with Crippen molar-refractivity contribution in [3.63, 3.8) is 0 Å². The van der Waals surface area contributed by atoms with Crippen molar-refractivity contribution >= 4 is 11.4 Å². The molecule has 1 saturated heterocycles. The fourth-order valence-electron chi connectivity index (χ4n) is 3.48. The molecular weight excluding hydrogens is 272 g/mol. The summed E-state index contributed by atoms with van der Waals surface area (Å²) in [7, 11) is 0. The van der Waals surface area contributed by atoms with Crippen LogP contribution >= 0.6 is 0 Å². The van der Waals surface area contributed by atoms with Gasteiger partial charge in [0.25, 0.3) is 0 Å². The first-order valence-corrected chi connectivity index (χ1v) is 8.05. The van der Waals surface area contributed by atoms with Crippen LogP contribution in [0.1, 0.15) is 18.9 Å². The summed E-state index contributed by atoms with van der Waals surface area (Å²) in [6.07, 6.45) is 5.43. The van der Waals surface area contributed by atoms with Crippen LogP contribution in [0.25, 0.3) is 0 Å². The Hall–Kier alpha value is -1.94. The van der Waals surface area contributed by atoms with Gasteiger partial charge in [-0.15, -0.1) is 0 Å². The molecule has 4 heteroatoms. The van der Waals surface area contributed by atoms with Crippen molar-refractivity contribution in [3.8, 4) is 0 Å². The Labute approximate surface area is 133 Å². The van der Waals surface area contributed by atoms with Crippen LogP contribution in [0.15, 0.2) is 41.6 Å². The number of benzene rings is 1. The lowest BCUT2D eigenvalue weighted by Gasteiger charge is -2.40. The molecule has 0 spiro atoms. The largest absolute Gasteiger partial charge is 0.399 e. The van der Waals surface area contributed by atoms with Gasteiger partial charge in [0.15, 0.2) is 0 Å². The fraction of sp³-hybridized carbons (Fsp3) is 0.444. The van der Waals surface area contributed by atoms with Crippen LogP contribution in [-0.4, -0.2) is 37.1 Å². The van der Waals surface area contributed by atoms with Crippen molar-refractivity contribution in [2.24, 2.45) is 5.73 Å². The fourth-order valence-corrected chi connectivity index (χ4v) is 3.48. The summed E-state index contributed by atoms with van der Waals surface area (Å²) in [6, 6.07) is 6.37. The molecule has 0 aromatic heterocycles. The van der Waals surface area contributed by atoms with Crippen LogP contribution in [0, 0.1) is 6.92 Å². The van der Waals surface area contributed by atoms with E-state index in [1.807, 2.05) is 6.07 Å². The minimum absolute atomic E-state index is 0.183. The number of nitrogens with two attached hydrogens (primary N) is 2. The summed E-state index contributed by atoms with van der Waals surface area (Å²) in [4.78, 5) is 4.94. The maximum Gasteiger partial charge on any atom is 0.0398 e. The maximum absolute atomic E-state index is 5.99. The summed E-state index contributed by atoms with van der Waals surface area (Å²) >= 11 is 0. The van der Waals surface area contributed by atoms with Gasteiger partial charge in [-0.1, -0.05) is 12.2 Å². The lowest BCUT2D eigenvalue weighted by Crippen LogP contribution is -2.46. The zero-order valence-corrected chi connectivity index (χ0v) is 13.5. The molecule has 1 heterocycles. The molecule has 1 atom stereocenters. The molecule has 4 nitrogen and oxygen atoms in total. The Morgan fingerprint density at radius 1 is 1.05 bits per heavy atom. The Kier molecular flexibility index (Phi) is 4.12. The first-order chi connectivity index (χ1) is 10.5. The number of hydrogen-bond acceptors (Lipinski definition) is 4. The molecule has 1 aromatic carbocycles. The van der Waals surface area contributed by atoms with Crippen molar-refractivity contribution in [1.82, 2.24) is 4.90 Å². The van der Waals surface area contributed by atoms with Gasteiger partial charge in [-0.2, -0.15) is 0 Å². The molecule has 0 bridgehead atoms. The van der Waals surface area contributed by atoms with E-state index in [2.05, 4.69) is 47.9 Å². The minimum Gasteiger partial charge on any atom is -0.399 e. The third-order valence-corrected chi connectivity index (χ3v) is 4.63. The molecule has 1 aromatic rings. The van der Waals surface area contributed by atoms with Gasteiger partial charge in [-0.25, -0.2) is 0 Å². The molecule has 4 N–H and O–H groups in total. The van der Waals surface area contributed by atoms with E-state index < -0.39 is 0 Å². The number of nitrogen functional groups attached to an aromatic ring is 1. The zero-order chi connectivity index (χ0) is 15.7. The summed E-state index contributed by atoms with van der Waals surface area (Å²) in [5.74, 6) is 0. The number of nitrogens with zero attached hydrogens (tertiary/aromatic N) is 2. The Balaban J connectivity index is 1.67. The predicted molar refractivity (Wildman–Crippen MR) is 93.8 cm³/mol. The van der Waals surface area contributed by atoms with Gasteiger partial charge in [0, 0.05) is 49.3 Å². The van der Waals surface area contributed by atoms with Crippen molar-refractivity contribution in [2.75, 3.05) is 36.8 Å². The number of anilines is 2. The first kappa shape index (κ1) is 15.0. The Morgan fingerprint density at radius 3 is 2.36 bits per heavy atom. The molecular formula is C18H26N4. The molecule has 1 aliphatic carbocycles. The normalized spacial score (nSPS) is 22.4. The molecule has 3 rings (SSSR count). The van der Waals surface area contributed by atoms with Crippen molar-refractivity contribution < 1.29 is 0 Å². The van der Waals surface area contributed by atoms with Crippen LogP contribution < -0.4 is 16.4 Å². The minimum atomic E-state index is 0.183. The van der Waals surface area contributed by atoms with Crippen LogP contribution in [0.4, 0.5) is 11.4 Å². The van der Waals surface area contributed by atoms with E-state index >= 15 is 0 Å². The van der Waals surface area contributed by atoms with E-state index in [9.17, 15) is 0 Å². The quantitative estimate of drug-likeness (QED) is 0.822. The summed E-state index contributed by atoms with van der Waals surface area (Å²) in [6.45, 7) is 8.49. The number of hydrogen-bond donors (Lipinski definition) is 2. The Morgan fingerprint density at radius 2 is 1.73 bits per heavy atom. The van der Waals surface area contributed by atoms with Crippen molar-refractivity contribution in [2.45, 2.75) is 26.3 Å². The lowest BCUT2D eigenvalue weighted by molar-refractivity contribution is 0.323. The van der Waals surface area contributed by atoms with Gasteiger partial charge in [-0.3, -0.25) is 0 Å². The third kappa shape index (κ3) is 2.97. The van der Waals surface area contributed by atoms with Gasteiger partial charge in [0.1, 0.15) is 0 Å². The molecule has 1 aliphatic heterocycles. The third-order valence-electron chi connectivity index (χ3n) is 4.63. The second kappa shape index (κ2) is 6.05. The van der Waals surface area contributed by atoms with Crippen molar-refractivity contribution in [3.05, 3.63) is 47.2 Å². The van der Waals surface area contributed by atoms with E-state index in [0.29, 0.717) is 0 Å². The highest BCUT2D eigenvalue weighted by Crippen LogP contribution is 2.27. The van der Waals surface area contributed by atoms with Gasteiger partial charge in [0.2, 0.25) is 0 Å². The predicted octanol–water partition coefficient (Wildman–Crippen LogP) is 2.26. The van der Waals surface area contributed by atoms with Gasteiger partial charge >= 0.3 is 0 Å². The second-order valence-corrected chi connectivity index (χ2v) is 6.36. The smallest absolute Gasteiger partial charge is 0.0398 e. The number of piperazine rings is 1. The molecule has 0 radical (unpaired) electrons. The number of rotatable bonds is 2. The SMILES string of the molecule is CC1=CC(N)CC=C1N1CCN(c2ccc(N)cc2C)CC1. The van der Waals surface area contributed by atoms with Gasteiger partial charge in [-0.05, 0) is 49.6 Å². The van der Waals surface area contributed by atoms with Crippen molar-refractivity contribution in [1.29, 1.82) is 0 Å². The monoisotopic (exact) mass is 298 g/mol. The first-order valence-electron chi connectivity index (χ1n) is 8.05. The van der Waals surface area contributed by atoms with E-state index in [0.717, 1.165) is 38.3 Å². The molecule has 1 fully saturated rings. The van der Waals surface area contributed by atoms with E-state index in [-0.39, 0.29) is 6.04 Å². The highest BCUT2D eigenvalue weighted by atomic mass is 15.3. The average Bonchev–Trinajstić information content (AvgIpc) is 2.48. The topological polar surface area (TPSA) is 58.5 Å². The molecule has 1 unspecified atom stereocenters. The number of aryl methyl sites for hydroxylation is 1. The van der Waals surface area contributed by atoms with Crippen LogP contribution in [0.2, 0.25) is 0 Å². The summed E-state index contributed by atoms with van der Waals surface area (Å²) < 4.78 is 0.